The Hall–Kier alpha value is -1.05. The normalized spacial score (nSPS) is 20.1. The number of carbonyl (C=O) groups is 1. The summed E-state index contributed by atoms with van der Waals surface area (Å²) < 4.78 is 22.5. The van der Waals surface area contributed by atoms with Gasteiger partial charge in [-0.05, 0) is 25.3 Å². The third-order valence-electron chi connectivity index (χ3n) is 3.78. The van der Waals surface area contributed by atoms with E-state index in [0.717, 1.165) is 12.2 Å². The van der Waals surface area contributed by atoms with Crippen molar-refractivity contribution < 1.29 is 13.2 Å². The monoisotopic (exact) mass is 342 g/mol. The number of sulfonamides is 1. The molecule has 2 N–H and O–H groups in total. The number of nitrogens with zero attached hydrogens (tertiary/aromatic N) is 1. The number of hydrogen-bond donors (Lipinski definition) is 1. The zero-order valence-electron chi connectivity index (χ0n) is 12.6. The van der Waals surface area contributed by atoms with Gasteiger partial charge in [0.1, 0.15) is 0 Å². The van der Waals surface area contributed by atoms with Crippen molar-refractivity contribution in [2.24, 2.45) is 5.14 Å². The zero-order chi connectivity index (χ0) is 16.2. The fourth-order valence-corrected chi connectivity index (χ4v) is 4.46. The van der Waals surface area contributed by atoms with Crippen LogP contribution in [0.1, 0.15) is 25.3 Å². The molecular formula is C15H22N2O3S2. The van der Waals surface area contributed by atoms with Gasteiger partial charge in [0, 0.05) is 18.3 Å². The number of carbonyl (C=O) groups excluding carboxylic acids is 1. The fraction of sp³-hybridized carbons (Fsp3) is 0.533. The van der Waals surface area contributed by atoms with Crippen LogP contribution in [0.3, 0.4) is 0 Å². The van der Waals surface area contributed by atoms with Gasteiger partial charge in [0.05, 0.1) is 11.0 Å². The first-order valence-corrected chi connectivity index (χ1v) is 10.1. The Bertz CT molecular complexity index is 604. The molecule has 1 aromatic carbocycles. The summed E-state index contributed by atoms with van der Waals surface area (Å²) >= 11 is 1.57. The van der Waals surface area contributed by atoms with Crippen LogP contribution in [0.4, 0.5) is 0 Å². The Balaban J connectivity index is 1.92. The predicted octanol–water partition coefficient (Wildman–Crippen LogP) is 1.59. The molecule has 1 aliphatic heterocycles. The summed E-state index contributed by atoms with van der Waals surface area (Å²) in [5.74, 6) is 0.628. The van der Waals surface area contributed by atoms with Gasteiger partial charge in [-0.3, -0.25) is 4.79 Å². The highest BCUT2D eigenvalue weighted by Crippen LogP contribution is 2.24. The Morgan fingerprint density at radius 2 is 2.09 bits per heavy atom. The highest BCUT2D eigenvalue weighted by atomic mass is 32.2. The minimum atomic E-state index is -3.56. The maximum Gasteiger partial charge on any atom is 0.235 e. The number of likely N-dealkylation sites (tertiary alicyclic amines) is 1. The smallest absolute Gasteiger partial charge is 0.235 e. The molecule has 0 saturated carbocycles. The number of benzene rings is 1. The molecule has 1 heterocycles. The van der Waals surface area contributed by atoms with E-state index in [2.05, 4.69) is 0 Å². The van der Waals surface area contributed by atoms with E-state index >= 15 is 0 Å². The second-order valence-corrected chi connectivity index (χ2v) is 8.58. The van der Waals surface area contributed by atoms with Crippen molar-refractivity contribution in [3.63, 3.8) is 0 Å². The van der Waals surface area contributed by atoms with E-state index in [1.165, 1.54) is 5.56 Å². The van der Waals surface area contributed by atoms with Crippen LogP contribution in [0.25, 0.3) is 0 Å². The van der Waals surface area contributed by atoms with E-state index in [1.807, 2.05) is 37.3 Å². The molecule has 1 amide bonds. The quantitative estimate of drug-likeness (QED) is 0.851. The Labute approximate surface area is 136 Å². The van der Waals surface area contributed by atoms with Gasteiger partial charge < -0.3 is 4.90 Å². The molecule has 1 saturated heterocycles. The maximum atomic E-state index is 12.5. The third kappa shape index (κ3) is 5.00. The van der Waals surface area contributed by atoms with Crippen molar-refractivity contribution in [3.8, 4) is 0 Å². The Morgan fingerprint density at radius 3 is 2.73 bits per heavy atom. The number of primary sulfonamides is 1. The molecule has 0 aromatic heterocycles. The average Bonchev–Trinajstić information content (AvgIpc) is 2.91. The Kier molecular flexibility index (Phi) is 5.88. The predicted molar refractivity (Wildman–Crippen MR) is 89.9 cm³/mol. The molecule has 2 atom stereocenters. The third-order valence-corrected chi connectivity index (χ3v) is 5.83. The summed E-state index contributed by atoms with van der Waals surface area (Å²) in [6, 6.07) is 9.71. The summed E-state index contributed by atoms with van der Waals surface area (Å²) in [6.45, 7) is 2.50. The van der Waals surface area contributed by atoms with Gasteiger partial charge in [-0.2, -0.15) is 0 Å². The first-order chi connectivity index (χ1) is 10.4. The van der Waals surface area contributed by atoms with Gasteiger partial charge in [0.2, 0.25) is 15.9 Å². The van der Waals surface area contributed by atoms with Crippen LogP contribution in [0, 0.1) is 0 Å². The molecule has 0 spiro atoms. The number of amides is 1. The SMILES string of the molecule is C[C@@H](SCc1ccccc1)C(=O)N1CCC[C@H]1CS(N)(=O)=O. The second kappa shape index (κ2) is 7.48. The van der Waals surface area contributed by atoms with Crippen LogP contribution in [0.15, 0.2) is 30.3 Å². The zero-order valence-corrected chi connectivity index (χ0v) is 14.3. The number of hydrogen-bond acceptors (Lipinski definition) is 4. The highest BCUT2D eigenvalue weighted by Gasteiger charge is 2.33. The van der Waals surface area contributed by atoms with Crippen molar-refractivity contribution >= 4 is 27.7 Å². The first-order valence-electron chi connectivity index (χ1n) is 7.33. The summed E-state index contributed by atoms with van der Waals surface area (Å²) in [7, 11) is -3.56. The van der Waals surface area contributed by atoms with Crippen LogP contribution in [0.5, 0.6) is 0 Å². The van der Waals surface area contributed by atoms with Crippen LogP contribution < -0.4 is 5.14 Å². The van der Waals surface area contributed by atoms with E-state index in [1.54, 1.807) is 16.7 Å². The summed E-state index contributed by atoms with van der Waals surface area (Å²) in [5, 5.41) is 4.92. The lowest BCUT2D eigenvalue weighted by molar-refractivity contribution is -0.130. The van der Waals surface area contributed by atoms with Gasteiger partial charge >= 0.3 is 0 Å². The van der Waals surface area contributed by atoms with Crippen molar-refractivity contribution in [2.75, 3.05) is 12.3 Å². The van der Waals surface area contributed by atoms with E-state index in [-0.39, 0.29) is 23.0 Å². The molecule has 0 radical (unpaired) electrons. The largest absolute Gasteiger partial charge is 0.338 e. The molecule has 22 heavy (non-hydrogen) atoms. The van der Waals surface area contributed by atoms with E-state index < -0.39 is 10.0 Å². The van der Waals surface area contributed by atoms with E-state index in [9.17, 15) is 13.2 Å². The lowest BCUT2D eigenvalue weighted by Crippen LogP contribution is -2.44. The summed E-state index contributed by atoms with van der Waals surface area (Å²) in [4.78, 5) is 14.2. The molecule has 1 aromatic rings. The molecule has 5 nitrogen and oxygen atoms in total. The topological polar surface area (TPSA) is 80.5 Å². The lowest BCUT2D eigenvalue weighted by atomic mass is 10.2. The molecule has 1 aliphatic rings. The van der Waals surface area contributed by atoms with Crippen LogP contribution in [-0.4, -0.2) is 42.8 Å². The van der Waals surface area contributed by atoms with Gasteiger partial charge in [-0.15, -0.1) is 11.8 Å². The average molecular weight is 342 g/mol. The van der Waals surface area contributed by atoms with Crippen molar-refractivity contribution in [2.45, 2.75) is 36.8 Å². The lowest BCUT2D eigenvalue weighted by Gasteiger charge is -2.26. The van der Waals surface area contributed by atoms with Crippen molar-refractivity contribution in [1.29, 1.82) is 0 Å². The minimum Gasteiger partial charge on any atom is -0.338 e. The van der Waals surface area contributed by atoms with Crippen LogP contribution >= 0.6 is 11.8 Å². The van der Waals surface area contributed by atoms with Crippen molar-refractivity contribution in [3.05, 3.63) is 35.9 Å². The molecule has 0 bridgehead atoms. The van der Waals surface area contributed by atoms with E-state index in [4.69, 9.17) is 5.14 Å². The number of nitrogens with two attached hydrogens (primary N) is 1. The molecule has 1 fully saturated rings. The first kappa shape index (κ1) is 17.3. The number of thioether (sulfide) groups is 1. The molecule has 0 aliphatic carbocycles. The number of rotatable bonds is 6. The summed E-state index contributed by atoms with van der Waals surface area (Å²) in [5.41, 5.74) is 1.18. The minimum absolute atomic E-state index is 0.00656. The van der Waals surface area contributed by atoms with Gasteiger partial charge in [0.25, 0.3) is 0 Å². The maximum absolute atomic E-state index is 12.5. The van der Waals surface area contributed by atoms with Gasteiger partial charge in [-0.25, -0.2) is 13.6 Å². The molecule has 0 unspecified atom stereocenters. The van der Waals surface area contributed by atoms with Gasteiger partial charge in [-0.1, -0.05) is 30.3 Å². The standard InChI is InChI=1S/C15H22N2O3S2/c1-12(21-10-13-6-3-2-4-7-13)15(18)17-9-5-8-14(17)11-22(16,19)20/h2-4,6-7,12,14H,5,8-11H2,1H3,(H2,16,19,20)/t12-,14+/m1/s1. The molecule has 7 heteroatoms. The summed E-state index contributed by atoms with van der Waals surface area (Å²) in [6.07, 6.45) is 1.54. The molecule has 122 valence electrons. The molecular weight excluding hydrogens is 320 g/mol. The van der Waals surface area contributed by atoms with Crippen molar-refractivity contribution in [1.82, 2.24) is 4.90 Å². The highest BCUT2D eigenvalue weighted by molar-refractivity contribution is 7.99. The molecule has 2 rings (SSSR count). The van der Waals surface area contributed by atoms with E-state index in [0.29, 0.717) is 13.0 Å². The van der Waals surface area contributed by atoms with Gasteiger partial charge in [0.15, 0.2) is 0 Å². The van der Waals surface area contributed by atoms with Crippen LogP contribution in [0.2, 0.25) is 0 Å². The fourth-order valence-electron chi connectivity index (χ4n) is 2.67. The second-order valence-electron chi connectivity index (χ2n) is 5.60. The van der Waals surface area contributed by atoms with Crippen LogP contribution in [-0.2, 0) is 20.6 Å². The Morgan fingerprint density at radius 1 is 1.41 bits per heavy atom.